The lowest BCUT2D eigenvalue weighted by Gasteiger charge is -2.53. The monoisotopic (exact) mass is 936 g/mol. The Morgan fingerprint density at radius 3 is 1.01 bits per heavy atom. The van der Waals surface area contributed by atoms with Gasteiger partial charge in [0.15, 0.2) is 11.6 Å². The Kier molecular flexibility index (Phi) is 9.44. The highest BCUT2D eigenvalue weighted by Gasteiger charge is 2.68. The maximum absolute atomic E-state index is 5.91. The molecule has 352 valence electrons. The highest BCUT2D eigenvalue weighted by molar-refractivity contribution is 6.06. The summed E-state index contributed by atoms with van der Waals surface area (Å²) in [5.41, 5.74) is 17.0. The summed E-state index contributed by atoms with van der Waals surface area (Å²) >= 11 is 0. The second-order valence-corrected chi connectivity index (χ2v) is 21.3. The van der Waals surface area contributed by atoms with Gasteiger partial charge in [0.05, 0.1) is 44.8 Å². The Balaban J connectivity index is 1.31. The molecule has 1 aliphatic carbocycles. The Bertz CT molecular complexity index is 3560. The van der Waals surface area contributed by atoms with Crippen LogP contribution in [0.15, 0.2) is 194 Å². The van der Waals surface area contributed by atoms with Gasteiger partial charge in [-0.3, -0.25) is 19.6 Å². The molecule has 10 aromatic rings. The van der Waals surface area contributed by atoms with Crippen molar-refractivity contribution in [1.82, 2.24) is 19.9 Å². The number of hydrogen-bond donors (Lipinski definition) is 0. The summed E-state index contributed by atoms with van der Waals surface area (Å²) in [5, 5.41) is 0. The van der Waals surface area contributed by atoms with Crippen LogP contribution in [0.5, 0.6) is 0 Å². The molecule has 1 spiro atoms. The molecule has 2 aromatic heterocycles. The highest BCUT2D eigenvalue weighted by Crippen LogP contribution is 2.69. The second kappa shape index (κ2) is 15.6. The number of fused-ring (bicyclic) bond motifs is 5. The number of nitrogens with zero attached hydrogens (tertiary/aromatic N) is 8. The molecule has 0 bridgehead atoms. The minimum absolute atomic E-state index is 0.134. The van der Waals surface area contributed by atoms with Crippen molar-refractivity contribution in [1.29, 1.82) is 0 Å². The van der Waals surface area contributed by atoms with Crippen molar-refractivity contribution in [3.05, 3.63) is 216 Å². The number of hydrogen-bond acceptors (Lipinski definition) is 8. The van der Waals surface area contributed by atoms with Gasteiger partial charge in [0.1, 0.15) is 11.4 Å². The summed E-state index contributed by atoms with van der Waals surface area (Å²) in [7, 11) is 0. The maximum Gasteiger partial charge on any atom is 0.298 e. The fourth-order valence-corrected chi connectivity index (χ4v) is 12.1. The molecule has 13 rings (SSSR count). The fourth-order valence-electron chi connectivity index (χ4n) is 12.1. The van der Waals surface area contributed by atoms with E-state index in [0.29, 0.717) is 11.6 Å². The van der Waals surface area contributed by atoms with E-state index in [4.69, 9.17) is 19.9 Å². The van der Waals surface area contributed by atoms with E-state index in [-0.39, 0.29) is 16.2 Å². The summed E-state index contributed by atoms with van der Waals surface area (Å²) in [6.07, 6.45) is 0. The molecule has 0 amide bonds. The number of anilines is 8. The third-order valence-corrected chi connectivity index (χ3v) is 17.0. The zero-order valence-corrected chi connectivity index (χ0v) is 42.1. The van der Waals surface area contributed by atoms with E-state index in [1.54, 1.807) is 0 Å². The molecule has 0 saturated carbocycles. The summed E-state index contributed by atoms with van der Waals surface area (Å²) in [6.45, 7) is 19.0. The van der Waals surface area contributed by atoms with E-state index in [1.807, 2.05) is 12.1 Å². The van der Waals surface area contributed by atoms with Crippen LogP contribution in [0.4, 0.5) is 45.8 Å². The van der Waals surface area contributed by atoms with Gasteiger partial charge in [-0.15, -0.1) is 0 Å². The van der Waals surface area contributed by atoms with Crippen LogP contribution in [0.25, 0.3) is 44.6 Å². The van der Waals surface area contributed by atoms with Gasteiger partial charge in [-0.1, -0.05) is 175 Å². The molecule has 0 atom stereocenters. The highest BCUT2D eigenvalue weighted by atomic mass is 15.8. The van der Waals surface area contributed by atoms with Gasteiger partial charge in [-0.25, -0.2) is 19.9 Å². The average molecular weight is 937 g/mol. The lowest BCUT2D eigenvalue weighted by atomic mass is 9.59. The van der Waals surface area contributed by atoms with Crippen molar-refractivity contribution >= 4 is 67.8 Å². The fraction of sp³-hybridized carbons (Fsp3) is 0.188. The summed E-state index contributed by atoms with van der Waals surface area (Å²) < 4.78 is 0. The van der Waals surface area contributed by atoms with Crippen molar-refractivity contribution in [3.8, 4) is 22.5 Å². The third kappa shape index (κ3) is 5.86. The zero-order valence-electron chi connectivity index (χ0n) is 42.1. The maximum atomic E-state index is 5.91. The lowest BCUT2D eigenvalue weighted by Crippen LogP contribution is -2.70. The molecule has 0 N–H and O–H groups in total. The normalized spacial score (nSPS) is 16.7. The van der Waals surface area contributed by atoms with Crippen molar-refractivity contribution in [2.75, 3.05) is 19.6 Å². The zero-order chi connectivity index (χ0) is 49.3. The van der Waals surface area contributed by atoms with Gasteiger partial charge in [-0.05, 0) is 113 Å². The van der Waals surface area contributed by atoms with Gasteiger partial charge >= 0.3 is 0 Å². The third-order valence-electron chi connectivity index (χ3n) is 17.0. The lowest BCUT2D eigenvalue weighted by molar-refractivity contribution is 0.125. The molecule has 8 aromatic carbocycles. The van der Waals surface area contributed by atoms with Crippen LogP contribution in [-0.2, 0) is 10.8 Å². The molecule has 8 heteroatoms. The minimum atomic E-state index is -1.40. The molecule has 0 unspecified atom stereocenters. The van der Waals surface area contributed by atoms with Crippen LogP contribution in [0.1, 0.15) is 63.8 Å². The first-order chi connectivity index (χ1) is 34.8. The SMILES string of the molecule is Cc1ccccc1N1c2ccccc2N(c2ccccc2C)C12N(c1nc3ccccc3nc1-c1ccccc1)c1cc3c(cc1N2c1nc2ccccc2nc1-c1ccccc1)C(C)(C)C(C)(C)C3(C)C. The summed E-state index contributed by atoms with van der Waals surface area (Å²) in [6, 6.07) is 69.1. The Morgan fingerprint density at radius 2 is 0.639 bits per heavy atom. The number of aromatic nitrogens is 4. The first kappa shape index (κ1) is 43.6. The number of benzene rings is 8. The van der Waals surface area contributed by atoms with Crippen molar-refractivity contribution < 1.29 is 0 Å². The Labute approximate surface area is 421 Å². The predicted octanol–water partition coefficient (Wildman–Crippen LogP) is 16.0. The molecule has 0 fully saturated rings. The molecule has 3 aliphatic rings. The smallest absolute Gasteiger partial charge is 0.279 e. The van der Waals surface area contributed by atoms with Crippen LogP contribution >= 0.6 is 0 Å². The first-order valence-corrected chi connectivity index (χ1v) is 25.1. The Morgan fingerprint density at radius 1 is 0.319 bits per heavy atom. The van der Waals surface area contributed by atoms with Gasteiger partial charge < -0.3 is 0 Å². The van der Waals surface area contributed by atoms with E-state index < -0.39 is 5.91 Å². The standard InChI is InChI=1S/C64H56N8/c1-41-25-15-21-35-51(41)69-53-37-23-24-38-54(53)70(52-36-22-16-26-42(52)2)64(69)71(59-57(43-27-11-9-12-28-43)65-47-31-17-19-33-49(47)67-59)55-39-45-46(62(5,6)63(7,8)61(45,3)4)40-56(55)72(64)60-58(44-29-13-10-14-30-44)66-48-32-18-20-34-50(48)68-60/h9-40H,1-8H3. The molecular formula is C64H56N8. The van der Waals surface area contributed by atoms with Crippen molar-refractivity contribution in [2.24, 2.45) is 5.41 Å². The molecule has 2 aliphatic heterocycles. The minimum Gasteiger partial charge on any atom is -0.279 e. The molecule has 72 heavy (non-hydrogen) atoms. The van der Waals surface area contributed by atoms with E-state index in [1.165, 1.54) is 11.1 Å². The quantitative estimate of drug-likeness (QED) is 0.163. The van der Waals surface area contributed by atoms with Crippen LogP contribution in [-0.4, -0.2) is 25.8 Å². The van der Waals surface area contributed by atoms with Crippen molar-refractivity contribution in [3.63, 3.8) is 0 Å². The largest absolute Gasteiger partial charge is 0.298 e. The molecule has 0 saturated heterocycles. The van der Waals surface area contributed by atoms with Crippen LogP contribution in [0.2, 0.25) is 0 Å². The molecular weight excluding hydrogens is 881 g/mol. The van der Waals surface area contributed by atoms with E-state index in [2.05, 4.69) is 257 Å². The van der Waals surface area contributed by atoms with E-state index in [9.17, 15) is 0 Å². The molecule has 0 radical (unpaired) electrons. The number of rotatable bonds is 6. The molecule has 4 heterocycles. The van der Waals surface area contributed by atoms with E-state index >= 15 is 0 Å². The first-order valence-electron chi connectivity index (χ1n) is 25.1. The Hall–Kier alpha value is -8.36. The number of para-hydroxylation sites is 8. The topological polar surface area (TPSA) is 64.5 Å². The predicted molar refractivity (Wildman–Crippen MR) is 296 cm³/mol. The van der Waals surface area contributed by atoms with E-state index in [0.717, 1.165) is 89.8 Å². The van der Waals surface area contributed by atoms with Gasteiger partial charge in [0.2, 0.25) is 0 Å². The average Bonchev–Trinajstić information content (AvgIpc) is 3.88. The summed E-state index contributed by atoms with van der Waals surface area (Å²) in [4.78, 5) is 33.3. The van der Waals surface area contributed by atoms with Crippen molar-refractivity contribution in [2.45, 2.75) is 72.1 Å². The van der Waals surface area contributed by atoms with Gasteiger partial charge in [0.25, 0.3) is 5.91 Å². The van der Waals surface area contributed by atoms with Gasteiger partial charge in [-0.2, -0.15) is 0 Å². The van der Waals surface area contributed by atoms with Gasteiger partial charge in [0, 0.05) is 22.5 Å². The second-order valence-electron chi connectivity index (χ2n) is 21.3. The number of aryl methyl sites for hydroxylation is 2. The van der Waals surface area contributed by atoms with Crippen LogP contribution in [0, 0.1) is 19.3 Å². The molecule has 8 nitrogen and oxygen atoms in total. The van der Waals surface area contributed by atoms with Crippen LogP contribution < -0.4 is 19.6 Å². The van der Waals surface area contributed by atoms with Crippen LogP contribution in [0.3, 0.4) is 0 Å². The summed E-state index contributed by atoms with van der Waals surface area (Å²) in [5.74, 6) is 0.0145.